The van der Waals surface area contributed by atoms with Crippen LogP contribution >= 0.6 is 0 Å². The number of aromatic amines is 1. The lowest BCUT2D eigenvalue weighted by Gasteiger charge is -2.38. The molecule has 1 aliphatic heterocycles. The van der Waals surface area contributed by atoms with Crippen molar-refractivity contribution in [2.75, 3.05) is 13.1 Å². The molecule has 2 fully saturated rings. The number of carbonyl (C=O) groups is 1. The van der Waals surface area contributed by atoms with Gasteiger partial charge in [0.25, 0.3) is 5.92 Å². The van der Waals surface area contributed by atoms with Crippen LogP contribution in [-0.4, -0.2) is 44.4 Å². The van der Waals surface area contributed by atoms with Gasteiger partial charge in [0.1, 0.15) is 11.6 Å². The van der Waals surface area contributed by atoms with E-state index in [-0.39, 0.29) is 12.5 Å². The number of alkyl halides is 2. The molecular formula is C19H20F2N4O. The Labute approximate surface area is 149 Å². The third kappa shape index (κ3) is 2.26. The molecule has 5 rings (SSSR count). The molecular weight excluding hydrogens is 338 g/mol. The van der Waals surface area contributed by atoms with Gasteiger partial charge in [0.15, 0.2) is 0 Å². The molecule has 1 aliphatic carbocycles. The molecule has 0 bridgehead atoms. The number of halogens is 2. The van der Waals surface area contributed by atoms with Crippen LogP contribution in [0.5, 0.6) is 0 Å². The third-order valence-electron chi connectivity index (χ3n) is 5.97. The van der Waals surface area contributed by atoms with Gasteiger partial charge in [0.2, 0.25) is 5.91 Å². The van der Waals surface area contributed by atoms with E-state index in [1.165, 1.54) is 0 Å². The molecule has 7 heteroatoms. The average molecular weight is 358 g/mol. The number of hydrogen-bond acceptors (Lipinski definition) is 2. The number of amides is 1. The Balaban J connectivity index is 1.51. The van der Waals surface area contributed by atoms with Crippen molar-refractivity contribution in [3.05, 3.63) is 30.7 Å². The number of pyridine rings is 1. The van der Waals surface area contributed by atoms with E-state index in [0.717, 1.165) is 28.4 Å². The molecule has 26 heavy (non-hydrogen) atoms. The maximum Gasteiger partial charge on any atom is 0.260 e. The predicted molar refractivity (Wildman–Crippen MR) is 94.0 cm³/mol. The lowest BCUT2D eigenvalue weighted by atomic mass is 9.92. The monoisotopic (exact) mass is 358 g/mol. The lowest BCUT2D eigenvalue weighted by molar-refractivity contribution is -0.137. The average Bonchev–Trinajstić information content (AvgIpc) is 2.99. The Hall–Kier alpha value is -2.44. The van der Waals surface area contributed by atoms with E-state index in [1.54, 1.807) is 4.90 Å². The number of aromatic nitrogens is 3. The smallest absolute Gasteiger partial charge is 0.260 e. The second-order valence-electron chi connectivity index (χ2n) is 7.66. The summed E-state index contributed by atoms with van der Waals surface area (Å²) >= 11 is 0. The molecule has 3 aromatic heterocycles. The van der Waals surface area contributed by atoms with Crippen LogP contribution in [0.25, 0.3) is 21.9 Å². The lowest BCUT2D eigenvalue weighted by Crippen LogP contribution is -2.45. The molecule has 3 aromatic rings. The molecule has 4 heterocycles. The van der Waals surface area contributed by atoms with Gasteiger partial charge in [0, 0.05) is 48.9 Å². The minimum atomic E-state index is -2.81. The van der Waals surface area contributed by atoms with E-state index in [2.05, 4.69) is 21.5 Å². The number of rotatable bonds is 2. The standard InChI is InChI=1S/C19H20F2N4O/c1-11-3-6-24(18(26)14-8-19(14,20)21)10-15(11)25-7-4-12-9-23-17-13(16(12)25)2-5-22-17/h2,4-5,7,9,11,14-15H,3,6,8,10H2,1H3,(H,22,23)/t11-,14?,15+/m1/s1. The molecule has 2 aliphatic rings. The molecule has 5 nitrogen and oxygen atoms in total. The topological polar surface area (TPSA) is 53.9 Å². The third-order valence-corrected chi connectivity index (χ3v) is 5.97. The van der Waals surface area contributed by atoms with Gasteiger partial charge in [-0.05, 0) is 24.5 Å². The number of likely N-dealkylation sites (tertiary alicyclic amines) is 1. The highest BCUT2D eigenvalue weighted by molar-refractivity contribution is 6.02. The molecule has 0 radical (unpaired) electrons. The number of hydrogen-bond donors (Lipinski definition) is 1. The van der Waals surface area contributed by atoms with Crippen LogP contribution < -0.4 is 0 Å². The Bertz CT molecular complexity index is 1010. The fourth-order valence-corrected chi connectivity index (χ4v) is 4.24. The fraction of sp³-hybridized carbons (Fsp3) is 0.474. The Morgan fingerprint density at radius 1 is 1.38 bits per heavy atom. The summed E-state index contributed by atoms with van der Waals surface area (Å²) in [7, 11) is 0. The van der Waals surface area contributed by atoms with Gasteiger partial charge in [-0.2, -0.15) is 0 Å². The Kier molecular flexibility index (Phi) is 3.21. The van der Waals surface area contributed by atoms with E-state index in [0.29, 0.717) is 19.0 Å². The first-order valence-electron chi connectivity index (χ1n) is 9.05. The van der Waals surface area contributed by atoms with Crippen LogP contribution in [0.4, 0.5) is 8.78 Å². The second-order valence-corrected chi connectivity index (χ2v) is 7.66. The Morgan fingerprint density at radius 2 is 2.19 bits per heavy atom. The number of H-pyrrole nitrogens is 1. The van der Waals surface area contributed by atoms with E-state index in [1.807, 2.05) is 30.7 Å². The maximum absolute atomic E-state index is 13.3. The number of carbonyl (C=O) groups excluding carboxylic acids is 1. The SMILES string of the molecule is C[C@@H]1CCN(C(=O)C2CC2(F)F)C[C@@H]1n1ccc2cnc3[nH]ccc3c21. The zero-order valence-corrected chi connectivity index (χ0v) is 14.5. The number of nitrogens with one attached hydrogen (secondary N) is 1. The maximum atomic E-state index is 13.3. The molecule has 1 saturated carbocycles. The summed E-state index contributed by atoms with van der Waals surface area (Å²) in [5, 5.41) is 2.08. The first-order valence-corrected chi connectivity index (χ1v) is 9.05. The summed E-state index contributed by atoms with van der Waals surface area (Å²) in [4.78, 5) is 21.6. The van der Waals surface area contributed by atoms with Crippen LogP contribution in [0, 0.1) is 11.8 Å². The first-order chi connectivity index (χ1) is 12.5. The van der Waals surface area contributed by atoms with Crippen LogP contribution in [0.2, 0.25) is 0 Å². The molecule has 3 atom stereocenters. The second kappa shape index (κ2) is 5.28. The fourth-order valence-electron chi connectivity index (χ4n) is 4.24. The van der Waals surface area contributed by atoms with E-state index < -0.39 is 17.7 Å². The van der Waals surface area contributed by atoms with Crippen molar-refractivity contribution in [3.63, 3.8) is 0 Å². The molecule has 1 amide bonds. The van der Waals surface area contributed by atoms with Crippen molar-refractivity contribution in [1.29, 1.82) is 0 Å². The van der Waals surface area contributed by atoms with E-state index >= 15 is 0 Å². The summed E-state index contributed by atoms with van der Waals surface area (Å²) in [6.07, 6.45) is 6.25. The van der Waals surface area contributed by atoms with Gasteiger partial charge >= 0.3 is 0 Å². The number of nitrogens with zero attached hydrogens (tertiary/aromatic N) is 3. The highest BCUT2D eigenvalue weighted by Gasteiger charge is 2.62. The largest absolute Gasteiger partial charge is 0.346 e. The summed E-state index contributed by atoms with van der Waals surface area (Å²) in [5.74, 6) is -3.95. The molecule has 1 saturated heterocycles. The predicted octanol–water partition coefficient (Wildman–Crippen LogP) is 3.58. The van der Waals surface area contributed by atoms with E-state index in [9.17, 15) is 13.6 Å². The van der Waals surface area contributed by atoms with Crippen LogP contribution in [0.3, 0.4) is 0 Å². The van der Waals surface area contributed by atoms with Gasteiger partial charge in [-0.3, -0.25) is 4.79 Å². The number of fused-ring (bicyclic) bond motifs is 3. The van der Waals surface area contributed by atoms with Gasteiger partial charge in [-0.15, -0.1) is 0 Å². The highest BCUT2D eigenvalue weighted by Crippen LogP contribution is 2.50. The van der Waals surface area contributed by atoms with Crippen LogP contribution in [0.1, 0.15) is 25.8 Å². The molecule has 1 unspecified atom stereocenters. The van der Waals surface area contributed by atoms with Gasteiger partial charge < -0.3 is 14.5 Å². The molecule has 1 N–H and O–H groups in total. The van der Waals surface area contributed by atoms with Gasteiger partial charge in [0.05, 0.1) is 11.6 Å². The van der Waals surface area contributed by atoms with Crippen LogP contribution in [-0.2, 0) is 4.79 Å². The van der Waals surface area contributed by atoms with Gasteiger partial charge in [-0.25, -0.2) is 13.8 Å². The summed E-state index contributed by atoms with van der Waals surface area (Å²) < 4.78 is 28.9. The Morgan fingerprint density at radius 3 is 2.96 bits per heavy atom. The highest BCUT2D eigenvalue weighted by atomic mass is 19.3. The first kappa shape index (κ1) is 15.8. The molecule has 0 aromatic carbocycles. The van der Waals surface area contributed by atoms with Crippen molar-refractivity contribution < 1.29 is 13.6 Å². The number of piperidine rings is 1. The summed E-state index contributed by atoms with van der Waals surface area (Å²) in [6.45, 7) is 3.20. The summed E-state index contributed by atoms with van der Waals surface area (Å²) in [6, 6.07) is 4.10. The van der Waals surface area contributed by atoms with Crippen molar-refractivity contribution in [1.82, 2.24) is 19.4 Å². The van der Waals surface area contributed by atoms with Gasteiger partial charge in [-0.1, -0.05) is 6.92 Å². The van der Waals surface area contributed by atoms with Crippen LogP contribution in [0.15, 0.2) is 30.7 Å². The quantitative estimate of drug-likeness (QED) is 0.761. The zero-order chi connectivity index (χ0) is 18.1. The van der Waals surface area contributed by atoms with Crippen molar-refractivity contribution in [2.45, 2.75) is 31.7 Å². The minimum Gasteiger partial charge on any atom is -0.346 e. The minimum absolute atomic E-state index is 0.0677. The molecule has 0 spiro atoms. The zero-order valence-electron chi connectivity index (χ0n) is 14.5. The molecule has 136 valence electrons. The van der Waals surface area contributed by atoms with Crippen molar-refractivity contribution in [3.8, 4) is 0 Å². The van der Waals surface area contributed by atoms with E-state index in [4.69, 9.17) is 0 Å². The van der Waals surface area contributed by atoms with Crippen molar-refractivity contribution >= 4 is 27.8 Å². The van der Waals surface area contributed by atoms with Crippen molar-refractivity contribution in [2.24, 2.45) is 11.8 Å². The normalized spacial score (nSPS) is 28.0. The summed E-state index contributed by atoms with van der Waals surface area (Å²) in [5.41, 5.74) is 1.91.